The minimum absolute atomic E-state index is 0.540. The molecule has 0 bridgehead atoms. The highest BCUT2D eigenvalue weighted by atomic mass is 32.1. The summed E-state index contributed by atoms with van der Waals surface area (Å²) in [7, 11) is 1.76. The number of methoxy groups -OCH3 is 1. The Labute approximate surface area is 176 Å². The normalized spacial score (nSPS) is 18.8. The van der Waals surface area contributed by atoms with E-state index in [1.807, 2.05) is 13.8 Å². The third kappa shape index (κ3) is 5.45. The van der Waals surface area contributed by atoms with E-state index in [0.29, 0.717) is 23.6 Å². The van der Waals surface area contributed by atoms with E-state index in [1.165, 1.54) is 17.8 Å². The number of anilines is 1. The summed E-state index contributed by atoms with van der Waals surface area (Å²) in [6.07, 6.45) is 2.66. The largest absolute Gasteiger partial charge is 0.494 e. The Hall–Kier alpha value is -1.74. The number of allylic oxidation sites excluding steroid dienone is 2. The lowest BCUT2D eigenvalue weighted by atomic mass is 10.1. The fraction of sp³-hybridized carbons (Fsp3) is 0.619. The van der Waals surface area contributed by atoms with Crippen molar-refractivity contribution in [3.05, 3.63) is 26.2 Å². The van der Waals surface area contributed by atoms with Gasteiger partial charge in [-0.3, -0.25) is 14.6 Å². The van der Waals surface area contributed by atoms with Crippen LogP contribution in [0.5, 0.6) is 0 Å². The maximum Gasteiger partial charge on any atom is 0.162 e. The highest BCUT2D eigenvalue weighted by molar-refractivity contribution is 7.11. The molecule has 0 radical (unpaired) electrons. The van der Waals surface area contributed by atoms with Crippen LogP contribution in [0.3, 0.4) is 0 Å². The average Bonchev–Trinajstić information content (AvgIpc) is 2.83. The minimum Gasteiger partial charge on any atom is -0.494 e. The van der Waals surface area contributed by atoms with Crippen LogP contribution in [-0.4, -0.2) is 75.7 Å². The van der Waals surface area contributed by atoms with Crippen molar-refractivity contribution in [2.75, 3.05) is 65.3 Å². The molecule has 3 rings (SSSR count). The Morgan fingerprint density at radius 1 is 1.14 bits per heavy atom. The number of fused-ring (bicyclic) bond motifs is 1. The Morgan fingerprint density at radius 2 is 1.83 bits per heavy atom. The van der Waals surface area contributed by atoms with E-state index in [0.717, 1.165) is 79.1 Å². The van der Waals surface area contributed by atoms with Gasteiger partial charge in [0.1, 0.15) is 17.0 Å². The van der Waals surface area contributed by atoms with Gasteiger partial charge in [0.15, 0.2) is 6.29 Å². The quantitative estimate of drug-likeness (QED) is 0.638. The highest BCUT2D eigenvalue weighted by Crippen LogP contribution is 2.21. The number of hydrogen-bond acceptors (Lipinski definition) is 8. The van der Waals surface area contributed by atoms with Crippen molar-refractivity contribution in [3.8, 4) is 0 Å². The molecule has 0 amide bonds. The summed E-state index contributed by atoms with van der Waals surface area (Å²) in [4.78, 5) is 21.4. The first-order valence-corrected chi connectivity index (χ1v) is 11.0. The number of carbonyl (C=O) groups excluding carboxylic acids is 1. The lowest BCUT2D eigenvalue weighted by Gasteiger charge is -2.22. The van der Waals surface area contributed by atoms with Gasteiger partial charge in [0.05, 0.1) is 22.9 Å². The molecule has 160 valence electrons. The molecule has 0 spiro atoms. The molecule has 0 unspecified atom stereocenters. The van der Waals surface area contributed by atoms with Crippen LogP contribution in [0.2, 0.25) is 0 Å². The summed E-state index contributed by atoms with van der Waals surface area (Å²) < 4.78 is 12.2. The Morgan fingerprint density at radius 3 is 2.48 bits per heavy atom. The number of ether oxygens (including phenoxy) is 2. The molecule has 0 saturated carbocycles. The molecular formula is C21H32N4O3S. The second-order valence-electron chi connectivity index (χ2n) is 7.63. The third-order valence-corrected chi connectivity index (χ3v) is 6.59. The molecule has 1 aromatic heterocycles. The molecule has 1 fully saturated rings. The fourth-order valence-corrected chi connectivity index (χ4v) is 4.88. The van der Waals surface area contributed by atoms with Crippen molar-refractivity contribution >= 4 is 28.9 Å². The Balaban J connectivity index is 1.58. The number of rotatable bonds is 8. The van der Waals surface area contributed by atoms with Crippen LogP contribution in [0.15, 0.2) is 16.4 Å². The Bertz CT molecular complexity index is 877. The van der Waals surface area contributed by atoms with Gasteiger partial charge in [0.2, 0.25) is 0 Å². The molecule has 2 aliphatic heterocycles. The second-order valence-corrected chi connectivity index (χ2v) is 8.66. The summed E-state index contributed by atoms with van der Waals surface area (Å²) in [5.41, 5.74) is 8.66. The van der Waals surface area contributed by atoms with Gasteiger partial charge in [-0.25, -0.2) is 4.99 Å². The predicted molar refractivity (Wildman–Crippen MR) is 117 cm³/mol. The van der Waals surface area contributed by atoms with Crippen LogP contribution in [0.4, 0.5) is 5.69 Å². The van der Waals surface area contributed by atoms with E-state index in [2.05, 4.69) is 9.80 Å². The maximum atomic E-state index is 11.2. The van der Waals surface area contributed by atoms with Gasteiger partial charge < -0.3 is 15.2 Å². The molecule has 29 heavy (non-hydrogen) atoms. The highest BCUT2D eigenvalue weighted by Gasteiger charge is 2.17. The molecule has 1 aromatic rings. The van der Waals surface area contributed by atoms with Crippen LogP contribution in [0.1, 0.15) is 36.4 Å². The summed E-state index contributed by atoms with van der Waals surface area (Å²) in [6.45, 7) is 11.7. The zero-order valence-electron chi connectivity index (χ0n) is 17.7. The smallest absolute Gasteiger partial charge is 0.162 e. The van der Waals surface area contributed by atoms with Gasteiger partial charge in [-0.2, -0.15) is 0 Å². The number of hydrogen-bond donors (Lipinski definition) is 1. The maximum absolute atomic E-state index is 11.2. The van der Waals surface area contributed by atoms with Crippen molar-refractivity contribution in [1.82, 2.24) is 9.80 Å². The van der Waals surface area contributed by atoms with Gasteiger partial charge >= 0.3 is 0 Å². The van der Waals surface area contributed by atoms with Crippen molar-refractivity contribution in [1.29, 1.82) is 0 Å². The van der Waals surface area contributed by atoms with Crippen molar-refractivity contribution in [2.24, 2.45) is 4.99 Å². The van der Waals surface area contributed by atoms with E-state index in [4.69, 9.17) is 20.2 Å². The molecule has 7 nitrogen and oxygen atoms in total. The molecular weight excluding hydrogens is 388 g/mol. The molecule has 0 atom stereocenters. The number of nitrogens with zero attached hydrogens (tertiary/aromatic N) is 3. The van der Waals surface area contributed by atoms with Crippen LogP contribution >= 0.6 is 11.3 Å². The molecule has 3 heterocycles. The lowest BCUT2D eigenvalue weighted by Crippen LogP contribution is -2.34. The number of thiophene rings is 1. The van der Waals surface area contributed by atoms with Gasteiger partial charge in [-0.1, -0.05) is 5.57 Å². The van der Waals surface area contributed by atoms with Gasteiger partial charge in [0.25, 0.3) is 0 Å². The van der Waals surface area contributed by atoms with Gasteiger partial charge in [-0.15, -0.1) is 11.3 Å². The predicted octanol–water partition coefficient (Wildman–Crippen LogP) is 1.24. The van der Waals surface area contributed by atoms with Crippen LogP contribution in [0, 0.1) is 0 Å². The van der Waals surface area contributed by atoms with Gasteiger partial charge in [-0.05, 0) is 33.4 Å². The summed E-state index contributed by atoms with van der Waals surface area (Å²) in [6, 6.07) is 0. The average molecular weight is 421 g/mol. The summed E-state index contributed by atoms with van der Waals surface area (Å²) >= 11 is 1.35. The van der Waals surface area contributed by atoms with E-state index >= 15 is 0 Å². The standard InChI is InChI=1S/C21H32N4O3S/c1-15-13-17(16(2)23-21-19(15)20(22)18(14-26)29-21)28-12-10-25-6-4-5-24(7-8-25)9-11-27-3/h14H,4-13,22H2,1-3H3. The zero-order chi connectivity index (χ0) is 20.8. The first-order chi connectivity index (χ1) is 14.0. The zero-order valence-corrected chi connectivity index (χ0v) is 18.5. The van der Waals surface area contributed by atoms with E-state index in [1.54, 1.807) is 7.11 Å². The summed E-state index contributed by atoms with van der Waals surface area (Å²) in [5, 5.41) is 0.902. The molecule has 0 aromatic carbocycles. The molecule has 2 N–H and O–H groups in total. The van der Waals surface area contributed by atoms with Crippen LogP contribution in [-0.2, 0) is 9.47 Å². The first-order valence-electron chi connectivity index (χ1n) is 10.2. The topological polar surface area (TPSA) is 80.4 Å². The monoisotopic (exact) mass is 420 g/mol. The molecule has 8 heteroatoms. The number of nitrogen functional groups attached to an aromatic ring is 1. The van der Waals surface area contributed by atoms with E-state index in [-0.39, 0.29) is 0 Å². The fourth-order valence-electron chi connectivity index (χ4n) is 3.84. The second kappa shape index (κ2) is 10.3. The van der Waals surface area contributed by atoms with Crippen molar-refractivity contribution in [2.45, 2.75) is 26.7 Å². The molecule has 1 saturated heterocycles. The number of aldehydes is 1. The van der Waals surface area contributed by atoms with Crippen molar-refractivity contribution < 1.29 is 14.3 Å². The number of nitrogens with two attached hydrogens (primary N) is 1. The number of carbonyl (C=O) groups is 1. The minimum atomic E-state index is 0.540. The SMILES string of the molecule is COCCN1CCCN(CCOC2=C(C)N=c3sc(C=O)c(N)c3=C(C)C2)CC1. The molecule has 2 aliphatic rings. The van der Waals surface area contributed by atoms with Crippen LogP contribution in [0.25, 0.3) is 5.57 Å². The van der Waals surface area contributed by atoms with Crippen LogP contribution < -0.4 is 15.6 Å². The Kier molecular flexibility index (Phi) is 7.83. The lowest BCUT2D eigenvalue weighted by molar-refractivity contribution is 0.112. The third-order valence-electron chi connectivity index (χ3n) is 5.56. The first kappa shape index (κ1) is 22.0. The van der Waals surface area contributed by atoms with E-state index < -0.39 is 0 Å². The van der Waals surface area contributed by atoms with E-state index in [9.17, 15) is 4.79 Å². The summed E-state index contributed by atoms with van der Waals surface area (Å²) in [5.74, 6) is 0.898. The van der Waals surface area contributed by atoms with Crippen molar-refractivity contribution in [3.63, 3.8) is 0 Å². The molecule has 0 aliphatic carbocycles. The van der Waals surface area contributed by atoms with Gasteiger partial charge in [0, 0.05) is 44.9 Å².